The normalized spacial score (nSPS) is 18.7. The first-order chi connectivity index (χ1) is 14.0. The first-order valence-corrected chi connectivity index (χ1v) is 10.3. The van der Waals surface area contributed by atoms with Gasteiger partial charge in [-0.2, -0.15) is 0 Å². The van der Waals surface area contributed by atoms with Crippen LogP contribution in [0, 0.1) is 6.92 Å². The van der Waals surface area contributed by atoms with E-state index in [2.05, 4.69) is 10.6 Å². The summed E-state index contributed by atoms with van der Waals surface area (Å²) in [4.78, 5) is 39.2. The van der Waals surface area contributed by atoms with Gasteiger partial charge < -0.3 is 10.6 Å². The molecule has 3 rings (SSSR count). The Bertz CT molecular complexity index is 1040. The highest BCUT2D eigenvalue weighted by atomic mass is 35.5. The van der Waals surface area contributed by atoms with Crippen LogP contribution in [-0.4, -0.2) is 29.3 Å². The maximum absolute atomic E-state index is 13.1. The highest BCUT2D eigenvalue weighted by Crippen LogP contribution is 2.33. The number of halogens is 2. The maximum Gasteiger partial charge on any atom is 0.325 e. The van der Waals surface area contributed by atoms with Gasteiger partial charge in [-0.05, 0) is 48.6 Å². The first kappa shape index (κ1) is 22.1. The Kier molecular flexibility index (Phi) is 6.11. The SMILES string of the molecule is Cc1cccc(C(C)C)c1NC(=O)CN1C(=O)NC(C)(c2ccc(Cl)c(Cl)c2)C1=O. The van der Waals surface area contributed by atoms with E-state index in [-0.39, 0.29) is 10.9 Å². The summed E-state index contributed by atoms with van der Waals surface area (Å²) in [6, 6.07) is 9.86. The minimum atomic E-state index is -1.34. The second kappa shape index (κ2) is 8.28. The second-order valence-electron chi connectivity index (χ2n) is 7.82. The molecule has 158 valence electrons. The number of aryl methyl sites for hydroxylation is 1. The molecule has 0 bridgehead atoms. The number of hydrogen-bond acceptors (Lipinski definition) is 3. The summed E-state index contributed by atoms with van der Waals surface area (Å²) in [5.74, 6) is -0.780. The van der Waals surface area contributed by atoms with E-state index in [0.717, 1.165) is 16.0 Å². The van der Waals surface area contributed by atoms with Crippen molar-refractivity contribution < 1.29 is 14.4 Å². The standard InChI is InChI=1S/C22H23Cl2N3O3/c1-12(2)15-7-5-6-13(3)19(15)25-18(28)11-27-20(29)22(4,26-21(27)30)14-8-9-16(23)17(24)10-14/h5-10,12H,11H2,1-4H3,(H,25,28)(H,26,30). The quantitative estimate of drug-likeness (QED) is 0.644. The number of carbonyl (C=O) groups excluding carboxylic acids is 3. The van der Waals surface area contributed by atoms with Crippen molar-refractivity contribution in [2.24, 2.45) is 0 Å². The summed E-state index contributed by atoms with van der Waals surface area (Å²) in [5, 5.41) is 6.14. The van der Waals surface area contributed by atoms with Gasteiger partial charge in [-0.25, -0.2) is 4.79 Å². The number of hydrogen-bond donors (Lipinski definition) is 2. The summed E-state index contributed by atoms with van der Waals surface area (Å²) in [5.41, 5.74) is 1.75. The molecule has 1 fully saturated rings. The van der Waals surface area contributed by atoms with E-state index in [9.17, 15) is 14.4 Å². The molecule has 1 aliphatic heterocycles. The van der Waals surface area contributed by atoms with E-state index in [1.54, 1.807) is 19.1 Å². The molecule has 1 heterocycles. The zero-order valence-electron chi connectivity index (χ0n) is 17.2. The lowest BCUT2D eigenvalue weighted by Gasteiger charge is -2.23. The smallest absolute Gasteiger partial charge is 0.324 e. The number of rotatable bonds is 5. The van der Waals surface area contributed by atoms with Crippen LogP contribution >= 0.6 is 23.2 Å². The second-order valence-corrected chi connectivity index (χ2v) is 8.63. The Morgan fingerprint density at radius 1 is 1.17 bits per heavy atom. The predicted octanol–water partition coefficient (Wildman–Crippen LogP) is 4.83. The van der Waals surface area contributed by atoms with E-state index in [4.69, 9.17) is 23.2 Å². The molecular weight excluding hydrogens is 425 g/mol. The van der Waals surface area contributed by atoms with Crippen LogP contribution in [0.25, 0.3) is 0 Å². The fraction of sp³-hybridized carbons (Fsp3) is 0.318. The van der Waals surface area contributed by atoms with Crippen molar-refractivity contribution in [3.8, 4) is 0 Å². The summed E-state index contributed by atoms with van der Waals surface area (Å²) in [6.07, 6.45) is 0. The van der Waals surface area contributed by atoms with Gasteiger partial charge in [0.1, 0.15) is 12.1 Å². The van der Waals surface area contributed by atoms with Gasteiger partial charge in [-0.15, -0.1) is 0 Å². The molecule has 30 heavy (non-hydrogen) atoms. The fourth-order valence-electron chi connectivity index (χ4n) is 3.51. The molecule has 2 N–H and O–H groups in total. The van der Waals surface area contributed by atoms with Crippen molar-refractivity contribution in [3.05, 3.63) is 63.1 Å². The molecule has 2 aromatic rings. The van der Waals surface area contributed by atoms with Crippen LogP contribution in [0.3, 0.4) is 0 Å². The van der Waals surface area contributed by atoms with Gasteiger partial charge in [0.05, 0.1) is 10.0 Å². The average Bonchev–Trinajstić information content (AvgIpc) is 2.89. The molecular formula is C22H23Cl2N3O3. The van der Waals surface area contributed by atoms with E-state index < -0.39 is 29.9 Å². The van der Waals surface area contributed by atoms with Crippen LogP contribution in [-0.2, 0) is 15.1 Å². The summed E-state index contributed by atoms with van der Waals surface area (Å²) >= 11 is 12.0. The maximum atomic E-state index is 13.1. The van der Waals surface area contributed by atoms with Gasteiger partial charge in [0.15, 0.2) is 0 Å². The summed E-state index contributed by atoms with van der Waals surface area (Å²) in [6.45, 7) is 7.14. The highest BCUT2D eigenvalue weighted by Gasteiger charge is 2.49. The van der Waals surface area contributed by atoms with Gasteiger partial charge >= 0.3 is 6.03 Å². The van der Waals surface area contributed by atoms with Crippen LogP contribution < -0.4 is 10.6 Å². The molecule has 6 nitrogen and oxygen atoms in total. The van der Waals surface area contributed by atoms with Gasteiger partial charge in [0, 0.05) is 5.69 Å². The lowest BCUT2D eigenvalue weighted by atomic mass is 9.92. The minimum absolute atomic E-state index is 0.204. The molecule has 0 saturated carbocycles. The van der Waals surface area contributed by atoms with Gasteiger partial charge in [-0.1, -0.05) is 61.3 Å². The molecule has 0 spiro atoms. The largest absolute Gasteiger partial charge is 0.325 e. The third-order valence-corrected chi connectivity index (χ3v) is 6.00. The fourth-order valence-corrected chi connectivity index (χ4v) is 3.81. The summed E-state index contributed by atoms with van der Waals surface area (Å²) < 4.78 is 0. The highest BCUT2D eigenvalue weighted by molar-refractivity contribution is 6.42. The third-order valence-electron chi connectivity index (χ3n) is 5.27. The predicted molar refractivity (Wildman–Crippen MR) is 118 cm³/mol. The molecule has 1 unspecified atom stereocenters. The van der Waals surface area contributed by atoms with Crippen molar-refractivity contribution in [1.29, 1.82) is 0 Å². The van der Waals surface area contributed by atoms with Crippen molar-refractivity contribution >= 4 is 46.7 Å². The van der Waals surface area contributed by atoms with E-state index in [1.165, 1.54) is 6.07 Å². The number of amides is 4. The van der Waals surface area contributed by atoms with E-state index >= 15 is 0 Å². The average molecular weight is 448 g/mol. The summed E-state index contributed by atoms with van der Waals surface area (Å²) in [7, 11) is 0. The van der Waals surface area contributed by atoms with Crippen LogP contribution in [0.4, 0.5) is 10.5 Å². The number of nitrogens with one attached hydrogen (secondary N) is 2. The molecule has 0 radical (unpaired) electrons. The van der Waals surface area contributed by atoms with Crippen molar-refractivity contribution in [2.45, 2.75) is 39.2 Å². The number of nitrogens with zero attached hydrogens (tertiary/aromatic N) is 1. The number of anilines is 1. The Labute approximate surface area is 185 Å². The molecule has 1 atom stereocenters. The topological polar surface area (TPSA) is 78.5 Å². The van der Waals surface area contributed by atoms with Crippen LogP contribution in [0.2, 0.25) is 10.0 Å². The van der Waals surface area contributed by atoms with Crippen molar-refractivity contribution in [2.75, 3.05) is 11.9 Å². The molecule has 1 aliphatic rings. The number of imide groups is 1. The molecule has 8 heteroatoms. The zero-order valence-corrected chi connectivity index (χ0v) is 18.7. The van der Waals surface area contributed by atoms with Crippen LogP contribution in [0.1, 0.15) is 43.4 Å². The van der Waals surface area contributed by atoms with Gasteiger partial charge in [0.25, 0.3) is 5.91 Å². The lowest BCUT2D eigenvalue weighted by molar-refractivity contribution is -0.133. The van der Waals surface area contributed by atoms with Crippen molar-refractivity contribution in [1.82, 2.24) is 10.2 Å². The number of para-hydroxylation sites is 1. The Morgan fingerprint density at radius 2 is 1.87 bits per heavy atom. The van der Waals surface area contributed by atoms with Crippen LogP contribution in [0.5, 0.6) is 0 Å². The van der Waals surface area contributed by atoms with Crippen LogP contribution in [0.15, 0.2) is 36.4 Å². The molecule has 0 aromatic heterocycles. The number of carbonyl (C=O) groups is 3. The lowest BCUT2D eigenvalue weighted by Crippen LogP contribution is -2.42. The Hall–Kier alpha value is -2.57. The monoisotopic (exact) mass is 447 g/mol. The van der Waals surface area contributed by atoms with Crippen molar-refractivity contribution in [3.63, 3.8) is 0 Å². The Morgan fingerprint density at radius 3 is 2.50 bits per heavy atom. The Balaban J connectivity index is 1.81. The zero-order chi connectivity index (χ0) is 22.2. The first-order valence-electron chi connectivity index (χ1n) is 9.53. The molecule has 1 saturated heterocycles. The minimum Gasteiger partial charge on any atom is -0.324 e. The number of urea groups is 1. The molecule has 4 amide bonds. The van der Waals surface area contributed by atoms with Gasteiger partial charge in [0.2, 0.25) is 5.91 Å². The van der Waals surface area contributed by atoms with E-state index in [1.807, 2.05) is 39.0 Å². The van der Waals surface area contributed by atoms with E-state index in [0.29, 0.717) is 16.3 Å². The number of benzene rings is 2. The third kappa shape index (κ3) is 4.02. The molecule has 0 aliphatic carbocycles. The molecule has 2 aromatic carbocycles. The van der Waals surface area contributed by atoms with Gasteiger partial charge in [-0.3, -0.25) is 14.5 Å².